The Hall–Kier alpha value is -0.820. The topological polar surface area (TPSA) is 57.6 Å². The third kappa shape index (κ3) is 3.35. The monoisotopic (exact) mass is 381 g/mol. The number of amides is 1. The van der Waals surface area contributed by atoms with Crippen molar-refractivity contribution in [3.63, 3.8) is 0 Å². The van der Waals surface area contributed by atoms with Crippen LogP contribution >= 0.6 is 34.2 Å². The number of carbonyl (C=O) groups excluding carboxylic acids is 1. The van der Waals surface area contributed by atoms with Crippen molar-refractivity contribution in [1.82, 2.24) is 4.90 Å². The van der Waals surface area contributed by atoms with Gasteiger partial charge in [0.05, 0.1) is 5.02 Å². The normalized spacial score (nSPS) is 12.0. The molecule has 0 aromatic heterocycles. The molecule has 1 rings (SSSR count). The summed E-state index contributed by atoms with van der Waals surface area (Å²) in [6.45, 7) is 1.73. The van der Waals surface area contributed by atoms with Crippen molar-refractivity contribution in [1.29, 1.82) is 0 Å². The molecular formula is C12H13ClINO3. The molecule has 0 aliphatic rings. The number of carboxylic acids is 1. The predicted octanol–water partition coefficient (Wildman–Crippen LogP) is 2.88. The molecule has 6 heteroatoms. The summed E-state index contributed by atoms with van der Waals surface area (Å²) in [6, 6.07) is 4.10. The van der Waals surface area contributed by atoms with Gasteiger partial charge in [-0.05, 0) is 47.2 Å². The Balaban J connectivity index is 2.99. The minimum atomic E-state index is -1.01. The van der Waals surface area contributed by atoms with Crippen LogP contribution in [0.15, 0.2) is 18.2 Å². The quantitative estimate of drug-likeness (QED) is 0.816. The van der Waals surface area contributed by atoms with Crippen LogP contribution in [0.2, 0.25) is 5.02 Å². The van der Waals surface area contributed by atoms with Crippen LogP contribution < -0.4 is 0 Å². The molecule has 0 aliphatic heterocycles. The van der Waals surface area contributed by atoms with Gasteiger partial charge in [-0.3, -0.25) is 4.79 Å². The average Bonchev–Trinajstić information content (AvgIpc) is 2.32. The van der Waals surface area contributed by atoms with Crippen LogP contribution in [0.5, 0.6) is 0 Å². The maximum Gasteiger partial charge on any atom is 0.326 e. The van der Waals surface area contributed by atoms with Gasteiger partial charge in [-0.2, -0.15) is 0 Å². The Bertz CT molecular complexity index is 478. The molecule has 1 aromatic rings. The Morgan fingerprint density at radius 2 is 2.11 bits per heavy atom. The van der Waals surface area contributed by atoms with E-state index in [9.17, 15) is 9.59 Å². The molecule has 1 unspecified atom stereocenters. The van der Waals surface area contributed by atoms with E-state index in [0.717, 1.165) is 3.57 Å². The molecule has 0 saturated carbocycles. The standard InChI is InChI=1S/C12H13ClINO3/c1-3-10(12(17)18)15(2)11(16)7-4-5-9(14)8(13)6-7/h4-6,10H,3H2,1-2H3,(H,17,18). The number of halogens is 2. The zero-order chi connectivity index (χ0) is 13.9. The van der Waals surface area contributed by atoms with Crippen molar-refractivity contribution >= 4 is 46.1 Å². The molecule has 1 aromatic carbocycles. The average molecular weight is 382 g/mol. The number of carboxylic acid groups (broad SMARTS) is 1. The zero-order valence-corrected chi connectivity index (χ0v) is 12.9. The van der Waals surface area contributed by atoms with Gasteiger partial charge >= 0.3 is 5.97 Å². The molecule has 0 radical (unpaired) electrons. The highest BCUT2D eigenvalue weighted by Crippen LogP contribution is 2.21. The molecule has 0 aliphatic carbocycles. The molecule has 0 fully saturated rings. The molecule has 4 nitrogen and oxygen atoms in total. The first-order valence-corrected chi connectivity index (χ1v) is 6.79. The number of nitrogens with zero attached hydrogens (tertiary/aromatic N) is 1. The molecule has 1 N–H and O–H groups in total. The molecule has 0 heterocycles. The van der Waals surface area contributed by atoms with Crippen LogP contribution in [0.1, 0.15) is 23.7 Å². The number of benzene rings is 1. The summed E-state index contributed by atoms with van der Waals surface area (Å²) in [5.41, 5.74) is 0.391. The van der Waals surface area contributed by atoms with E-state index >= 15 is 0 Å². The second kappa shape index (κ2) is 6.38. The molecule has 0 saturated heterocycles. The van der Waals surface area contributed by atoms with Crippen molar-refractivity contribution in [2.24, 2.45) is 0 Å². The van der Waals surface area contributed by atoms with E-state index in [1.54, 1.807) is 25.1 Å². The summed E-state index contributed by atoms with van der Waals surface area (Å²) < 4.78 is 0.846. The maximum absolute atomic E-state index is 12.1. The van der Waals surface area contributed by atoms with Crippen molar-refractivity contribution in [3.8, 4) is 0 Å². The maximum atomic E-state index is 12.1. The van der Waals surface area contributed by atoms with Crippen LogP contribution in [0, 0.1) is 3.57 Å². The van der Waals surface area contributed by atoms with E-state index in [1.165, 1.54) is 11.9 Å². The lowest BCUT2D eigenvalue weighted by atomic mass is 10.1. The van der Waals surface area contributed by atoms with Gasteiger partial charge in [0.2, 0.25) is 0 Å². The van der Waals surface area contributed by atoms with Crippen LogP contribution in [-0.2, 0) is 4.79 Å². The van der Waals surface area contributed by atoms with E-state index < -0.39 is 12.0 Å². The highest BCUT2D eigenvalue weighted by atomic mass is 127. The Kier molecular flexibility index (Phi) is 5.40. The molecule has 0 spiro atoms. The third-order valence-corrected chi connectivity index (χ3v) is 4.20. The van der Waals surface area contributed by atoms with E-state index in [-0.39, 0.29) is 5.91 Å². The van der Waals surface area contributed by atoms with E-state index in [0.29, 0.717) is 17.0 Å². The van der Waals surface area contributed by atoms with E-state index in [1.807, 2.05) is 0 Å². The minimum Gasteiger partial charge on any atom is -0.480 e. The van der Waals surface area contributed by atoms with Gasteiger partial charge in [-0.15, -0.1) is 0 Å². The van der Waals surface area contributed by atoms with Gasteiger partial charge < -0.3 is 10.0 Å². The van der Waals surface area contributed by atoms with Crippen molar-refractivity contribution in [2.45, 2.75) is 19.4 Å². The Labute approximate surface area is 124 Å². The fourth-order valence-corrected chi connectivity index (χ4v) is 2.10. The summed E-state index contributed by atoms with van der Waals surface area (Å²) in [5, 5.41) is 9.50. The highest BCUT2D eigenvalue weighted by Gasteiger charge is 2.25. The van der Waals surface area contributed by atoms with E-state index in [4.69, 9.17) is 16.7 Å². The first-order valence-electron chi connectivity index (χ1n) is 5.33. The molecule has 0 bridgehead atoms. The summed E-state index contributed by atoms with van der Waals surface area (Å²) in [4.78, 5) is 24.3. The minimum absolute atomic E-state index is 0.345. The van der Waals surface area contributed by atoms with Crippen LogP contribution in [0.4, 0.5) is 0 Å². The first-order chi connectivity index (χ1) is 8.38. The first kappa shape index (κ1) is 15.2. The summed E-state index contributed by atoms with van der Waals surface area (Å²) in [5.74, 6) is -1.35. The number of likely N-dealkylation sites (N-methyl/N-ethyl adjacent to an activating group) is 1. The van der Waals surface area contributed by atoms with E-state index in [2.05, 4.69) is 22.6 Å². The van der Waals surface area contributed by atoms with Gasteiger partial charge in [0.15, 0.2) is 0 Å². The lowest BCUT2D eigenvalue weighted by molar-refractivity contribution is -0.142. The van der Waals surface area contributed by atoms with Crippen LogP contribution in [0.3, 0.4) is 0 Å². The lowest BCUT2D eigenvalue weighted by Gasteiger charge is -2.23. The largest absolute Gasteiger partial charge is 0.480 e. The smallest absolute Gasteiger partial charge is 0.326 e. The molecule has 18 heavy (non-hydrogen) atoms. The van der Waals surface area contributed by atoms with Gasteiger partial charge in [0.25, 0.3) is 5.91 Å². The Morgan fingerprint density at radius 1 is 1.50 bits per heavy atom. The van der Waals surface area contributed by atoms with Gasteiger partial charge in [-0.1, -0.05) is 18.5 Å². The predicted molar refractivity (Wildman–Crippen MR) is 78.0 cm³/mol. The van der Waals surface area contributed by atoms with Crippen molar-refractivity contribution in [3.05, 3.63) is 32.4 Å². The number of carbonyl (C=O) groups is 2. The summed E-state index contributed by atoms with van der Waals surface area (Å²) in [6.07, 6.45) is 0.357. The summed E-state index contributed by atoms with van der Waals surface area (Å²) in [7, 11) is 1.48. The summed E-state index contributed by atoms with van der Waals surface area (Å²) >= 11 is 8.01. The van der Waals surface area contributed by atoms with Crippen molar-refractivity contribution in [2.75, 3.05) is 7.05 Å². The molecular weight excluding hydrogens is 368 g/mol. The highest BCUT2D eigenvalue weighted by molar-refractivity contribution is 14.1. The molecule has 1 atom stereocenters. The molecule has 98 valence electrons. The fourth-order valence-electron chi connectivity index (χ4n) is 1.59. The van der Waals surface area contributed by atoms with Gasteiger partial charge in [0.1, 0.15) is 6.04 Å². The number of rotatable bonds is 4. The zero-order valence-electron chi connectivity index (χ0n) is 9.98. The Morgan fingerprint density at radius 3 is 2.56 bits per heavy atom. The van der Waals surface area contributed by atoms with Crippen LogP contribution in [0.25, 0.3) is 0 Å². The van der Waals surface area contributed by atoms with Crippen LogP contribution in [-0.4, -0.2) is 35.0 Å². The second-order valence-electron chi connectivity index (χ2n) is 3.81. The molecule has 1 amide bonds. The lowest BCUT2D eigenvalue weighted by Crippen LogP contribution is -2.41. The number of hydrogen-bond donors (Lipinski definition) is 1. The fraction of sp³-hybridized carbons (Fsp3) is 0.333. The number of hydrogen-bond acceptors (Lipinski definition) is 2. The number of aliphatic carboxylic acids is 1. The van der Waals surface area contributed by atoms with Gasteiger partial charge in [0, 0.05) is 16.2 Å². The van der Waals surface area contributed by atoms with Crippen molar-refractivity contribution < 1.29 is 14.7 Å². The SMILES string of the molecule is CCC(C(=O)O)N(C)C(=O)c1ccc(I)c(Cl)c1. The second-order valence-corrected chi connectivity index (χ2v) is 5.38. The van der Waals surface area contributed by atoms with Gasteiger partial charge in [-0.25, -0.2) is 4.79 Å². The third-order valence-electron chi connectivity index (χ3n) is 2.63.